The number of hydrogen-bond donors (Lipinski definition) is 0. The second kappa shape index (κ2) is 6.92. The molecule has 0 aliphatic carbocycles. The topological polar surface area (TPSA) is 26.3 Å². The average Bonchev–Trinajstić information content (AvgIpc) is 2.48. The number of carbonyl (C=O) groups is 1. The molecular weight excluding hydrogens is 272 g/mol. The van der Waals surface area contributed by atoms with Crippen LogP contribution >= 0.6 is 11.6 Å². The molecule has 0 saturated heterocycles. The minimum atomic E-state index is -0.332. The fourth-order valence-corrected chi connectivity index (χ4v) is 1.99. The lowest BCUT2D eigenvalue weighted by Gasteiger charge is -2.18. The molecule has 1 atom stereocenters. The molecule has 1 unspecified atom stereocenters. The van der Waals surface area contributed by atoms with Crippen molar-refractivity contribution in [1.29, 1.82) is 0 Å². The summed E-state index contributed by atoms with van der Waals surface area (Å²) < 4.78 is 5.83. The third kappa shape index (κ3) is 3.97. The monoisotopic (exact) mass is 286 g/mol. The standard InChI is InChI=1S/C17H15ClO2/c1-13(18)17(11-14-6-3-2-4-7-14)20-16-9-5-8-15(10-16)12-19/h2-10,12,17H,1,11H2. The summed E-state index contributed by atoms with van der Waals surface area (Å²) in [5.74, 6) is 0.609. The minimum absolute atomic E-state index is 0.332. The van der Waals surface area contributed by atoms with E-state index in [1.807, 2.05) is 30.3 Å². The molecule has 0 radical (unpaired) electrons. The third-order valence-electron chi connectivity index (χ3n) is 2.89. The summed E-state index contributed by atoms with van der Waals surface area (Å²) in [5.41, 5.74) is 1.69. The van der Waals surface area contributed by atoms with Crippen LogP contribution in [-0.4, -0.2) is 12.4 Å². The molecule has 0 saturated carbocycles. The lowest BCUT2D eigenvalue weighted by atomic mass is 10.1. The van der Waals surface area contributed by atoms with Crippen molar-refractivity contribution in [1.82, 2.24) is 0 Å². The van der Waals surface area contributed by atoms with E-state index in [-0.39, 0.29) is 6.10 Å². The zero-order valence-electron chi connectivity index (χ0n) is 11.0. The highest BCUT2D eigenvalue weighted by Crippen LogP contribution is 2.21. The molecule has 0 bridgehead atoms. The summed E-state index contributed by atoms with van der Waals surface area (Å²) in [7, 11) is 0. The molecule has 3 heteroatoms. The maximum atomic E-state index is 10.8. The van der Waals surface area contributed by atoms with Gasteiger partial charge in [-0.05, 0) is 17.7 Å². The van der Waals surface area contributed by atoms with E-state index in [1.165, 1.54) is 0 Å². The second-order valence-corrected chi connectivity index (χ2v) is 4.92. The summed E-state index contributed by atoms with van der Waals surface area (Å²) in [4.78, 5) is 10.8. The van der Waals surface area contributed by atoms with Gasteiger partial charge in [0.2, 0.25) is 0 Å². The quantitative estimate of drug-likeness (QED) is 0.742. The number of halogens is 1. The van der Waals surface area contributed by atoms with Gasteiger partial charge < -0.3 is 4.74 Å². The van der Waals surface area contributed by atoms with Crippen molar-refractivity contribution in [3.8, 4) is 5.75 Å². The van der Waals surface area contributed by atoms with Crippen molar-refractivity contribution in [2.45, 2.75) is 12.5 Å². The predicted molar refractivity (Wildman–Crippen MR) is 81.4 cm³/mol. The first kappa shape index (κ1) is 14.4. The van der Waals surface area contributed by atoms with Crippen molar-refractivity contribution in [2.24, 2.45) is 0 Å². The largest absolute Gasteiger partial charge is 0.484 e. The highest BCUT2D eigenvalue weighted by molar-refractivity contribution is 6.29. The van der Waals surface area contributed by atoms with E-state index in [0.717, 1.165) is 11.8 Å². The number of rotatable bonds is 6. The Labute approximate surface area is 123 Å². The van der Waals surface area contributed by atoms with Crippen LogP contribution in [0.15, 0.2) is 66.2 Å². The highest BCUT2D eigenvalue weighted by atomic mass is 35.5. The van der Waals surface area contributed by atoms with Gasteiger partial charge in [0.15, 0.2) is 0 Å². The smallest absolute Gasteiger partial charge is 0.150 e. The molecule has 0 aliphatic heterocycles. The number of carbonyl (C=O) groups excluding carboxylic acids is 1. The van der Waals surface area contributed by atoms with E-state index in [2.05, 4.69) is 6.58 Å². The van der Waals surface area contributed by atoms with Crippen LogP contribution in [0.1, 0.15) is 15.9 Å². The normalized spacial score (nSPS) is 11.7. The summed E-state index contributed by atoms with van der Waals surface area (Å²) in [6.45, 7) is 3.76. The predicted octanol–water partition coefficient (Wildman–Crippen LogP) is 4.24. The van der Waals surface area contributed by atoms with Gasteiger partial charge in [0, 0.05) is 12.0 Å². The number of benzene rings is 2. The molecule has 20 heavy (non-hydrogen) atoms. The van der Waals surface area contributed by atoms with Gasteiger partial charge in [-0.3, -0.25) is 4.79 Å². The Hall–Kier alpha value is -2.06. The Bertz CT molecular complexity index is 593. The Morgan fingerprint density at radius 2 is 1.95 bits per heavy atom. The van der Waals surface area contributed by atoms with Crippen molar-refractivity contribution >= 4 is 17.9 Å². The van der Waals surface area contributed by atoms with Gasteiger partial charge in [-0.25, -0.2) is 0 Å². The molecule has 0 N–H and O–H groups in total. The van der Waals surface area contributed by atoms with Crippen LogP contribution in [0.4, 0.5) is 0 Å². The summed E-state index contributed by atoms with van der Waals surface area (Å²) >= 11 is 6.03. The van der Waals surface area contributed by atoms with E-state index in [9.17, 15) is 4.79 Å². The van der Waals surface area contributed by atoms with Gasteiger partial charge >= 0.3 is 0 Å². The maximum absolute atomic E-state index is 10.8. The second-order valence-electron chi connectivity index (χ2n) is 4.43. The van der Waals surface area contributed by atoms with Crippen LogP contribution in [0, 0.1) is 0 Å². The van der Waals surface area contributed by atoms with Gasteiger partial charge in [-0.15, -0.1) is 0 Å². The molecule has 0 fully saturated rings. The van der Waals surface area contributed by atoms with Crippen LogP contribution in [-0.2, 0) is 6.42 Å². The molecule has 0 aromatic heterocycles. The van der Waals surface area contributed by atoms with Crippen molar-refractivity contribution in [3.63, 3.8) is 0 Å². The van der Waals surface area contributed by atoms with E-state index >= 15 is 0 Å². The number of ether oxygens (including phenoxy) is 1. The van der Waals surface area contributed by atoms with Crippen molar-refractivity contribution in [3.05, 3.63) is 77.3 Å². The lowest BCUT2D eigenvalue weighted by molar-refractivity contribution is 0.112. The van der Waals surface area contributed by atoms with Gasteiger partial charge in [0.1, 0.15) is 18.1 Å². The van der Waals surface area contributed by atoms with E-state index in [4.69, 9.17) is 16.3 Å². The molecule has 102 valence electrons. The van der Waals surface area contributed by atoms with Crippen molar-refractivity contribution in [2.75, 3.05) is 0 Å². The van der Waals surface area contributed by atoms with Crippen LogP contribution in [0.25, 0.3) is 0 Å². The van der Waals surface area contributed by atoms with Gasteiger partial charge in [-0.1, -0.05) is 60.6 Å². The molecule has 0 aliphatic rings. The SMILES string of the molecule is C=C(Cl)C(Cc1ccccc1)Oc1cccc(C=O)c1. The van der Waals surface area contributed by atoms with Gasteiger partial charge in [0.25, 0.3) is 0 Å². The first-order chi connectivity index (χ1) is 9.69. The van der Waals surface area contributed by atoms with E-state index in [1.54, 1.807) is 24.3 Å². The van der Waals surface area contributed by atoms with Crippen LogP contribution in [0.2, 0.25) is 0 Å². The Morgan fingerprint density at radius 1 is 1.20 bits per heavy atom. The molecule has 2 nitrogen and oxygen atoms in total. The number of aldehydes is 1. The third-order valence-corrected chi connectivity index (χ3v) is 3.13. The number of hydrogen-bond acceptors (Lipinski definition) is 2. The Kier molecular flexibility index (Phi) is 4.97. The lowest BCUT2D eigenvalue weighted by Crippen LogP contribution is -2.19. The zero-order valence-corrected chi connectivity index (χ0v) is 11.7. The molecule has 2 aromatic rings. The molecule has 0 amide bonds. The Balaban J connectivity index is 2.13. The minimum Gasteiger partial charge on any atom is -0.484 e. The van der Waals surface area contributed by atoms with E-state index in [0.29, 0.717) is 22.8 Å². The molecule has 2 rings (SSSR count). The van der Waals surface area contributed by atoms with Crippen LogP contribution in [0.5, 0.6) is 5.75 Å². The van der Waals surface area contributed by atoms with Crippen molar-refractivity contribution < 1.29 is 9.53 Å². The highest BCUT2D eigenvalue weighted by Gasteiger charge is 2.14. The summed E-state index contributed by atoms with van der Waals surface area (Å²) in [5, 5.41) is 0.436. The Morgan fingerprint density at radius 3 is 2.60 bits per heavy atom. The molecule has 0 spiro atoms. The zero-order chi connectivity index (χ0) is 14.4. The van der Waals surface area contributed by atoms with Gasteiger partial charge in [0.05, 0.1) is 5.03 Å². The molecular formula is C17H15ClO2. The van der Waals surface area contributed by atoms with E-state index < -0.39 is 0 Å². The maximum Gasteiger partial charge on any atom is 0.150 e. The summed E-state index contributed by atoms with van der Waals surface area (Å²) in [6.07, 6.45) is 1.09. The van der Waals surface area contributed by atoms with Gasteiger partial charge in [-0.2, -0.15) is 0 Å². The average molecular weight is 287 g/mol. The fourth-order valence-electron chi connectivity index (χ4n) is 1.87. The van der Waals surface area contributed by atoms with Crippen LogP contribution < -0.4 is 4.74 Å². The van der Waals surface area contributed by atoms with Crippen LogP contribution in [0.3, 0.4) is 0 Å². The first-order valence-corrected chi connectivity index (χ1v) is 6.67. The molecule has 0 heterocycles. The molecule has 2 aromatic carbocycles. The fraction of sp³-hybridized carbons (Fsp3) is 0.118. The first-order valence-electron chi connectivity index (χ1n) is 6.29. The summed E-state index contributed by atoms with van der Waals surface area (Å²) in [6, 6.07) is 16.9.